The van der Waals surface area contributed by atoms with Crippen molar-refractivity contribution in [2.75, 3.05) is 15.9 Å². The summed E-state index contributed by atoms with van der Waals surface area (Å²) in [4.78, 5) is 0. The van der Waals surface area contributed by atoms with Gasteiger partial charge in [-0.05, 0) is 51.3 Å². The smallest absolute Gasteiger partial charge is 0.121 e. The highest BCUT2D eigenvalue weighted by Gasteiger charge is 2.08. The summed E-state index contributed by atoms with van der Waals surface area (Å²) in [5.41, 5.74) is 4.44. The van der Waals surface area contributed by atoms with Crippen molar-refractivity contribution in [2.24, 2.45) is 5.10 Å². The Bertz CT molecular complexity index is 544. The van der Waals surface area contributed by atoms with Crippen molar-refractivity contribution in [1.82, 2.24) is 0 Å². The maximum absolute atomic E-state index is 10.7. The first-order valence-electron chi connectivity index (χ1n) is 6.71. The minimum atomic E-state index is -0.622. The Hall–Kier alpha value is -2.13. The van der Waals surface area contributed by atoms with Gasteiger partial charge in [-0.1, -0.05) is 5.57 Å². The summed E-state index contributed by atoms with van der Waals surface area (Å²) >= 11 is 0. The molecule has 8 heteroatoms. The topological polar surface area (TPSA) is 117 Å². The Balaban J connectivity index is 2.77. The molecule has 3 N–H and O–H groups in total. The predicted octanol–water partition coefficient (Wildman–Crippen LogP) is 3.61. The molecule has 0 radical (unpaired) electrons. The molecule has 0 saturated heterocycles. The van der Waals surface area contributed by atoms with Crippen LogP contribution in [0.25, 0.3) is 0 Å². The molecule has 0 aliphatic rings. The lowest BCUT2D eigenvalue weighted by Crippen LogP contribution is -2.14. The average Bonchev–Trinajstić information content (AvgIpc) is 2.44. The standard InChI is InChI=1S/C14H20N4O4/c1-10(2)5-4-6-11(3)15-16-13-8-7-12(17(19)20)9-14(13)18(21)22/h7-9,16,21-22H,1,4-6H2,2-3H3/q-2. The molecule has 1 aromatic rings. The lowest BCUT2D eigenvalue weighted by Gasteiger charge is -2.37. The Labute approximate surface area is 129 Å². The van der Waals surface area contributed by atoms with Gasteiger partial charge in [-0.25, -0.2) is 0 Å². The fourth-order valence-corrected chi connectivity index (χ4v) is 1.75. The normalized spacial score (nSPS) is 11.3. The highest BCUT2D eigenvalue weighted by Crippen LogP contribution is 2.29. The zero-order valence-electron chi connectivity index (χ0n) is 12.6. The number of nitrogens with one attached hydrogen (secondary N) is 1. The van der Waals surface area contributed by atoms with Gasteiger partial charge in [0.1, 0.15) is 5.69 Å². The van der Waals surface area contributed by atoms with Crippen molar-refractivity contribution < 1.29 is 10.4 Å². The van der Waals surface area contributed by atoms with Crippen LogP contribution < -0.4 is 15.9 Å². The van der Waals surface area contributed by atoms with Gasteiger partial charge in [-0.15, -0.1) is 11.8 Å². The largest absolute Gasteiger partial charge is 0.769 e. The maximum Gasteiger partial charge on any atom is 0.121 e. The molecule has 0 aromatic heterocycles. The second-order valence-electron chi connectivity index (χ2n) is 5.02. The molecule has 122 valence electrons. The molecule has 0 saturated carbocycles. The van der Waals surface area contributed by atoms with Gasteiger partial charge in [0.2, 0.25) is 0 Å². The number of anilines is 3. The minimum Gasteiger partial charge on any atom is -0.769 e. The van der Waals surface area contributed by atoms with Crippen molar-refractivity contribution in [3.05, 3.63) is 40.8 Å². The van der Waals surface area contributed by atoms with Crippen LogP contribution in [0.15, 0.2) is 35.5 Å². The van der Waals surface area contributed by atoms with E-state index in [-0.39, 0.29) is 22.3 Å². The minimum absolute atomic E-state index is 0.160. The van der Waals surface area contributed by atoms with Crippen molar-refractivity contribution in [1.29, 1.82) is 0 Å². The van der Waals surface area contributed by atoms with Crippen LogP contribution >= 0.6 is 0 Å². The van der Waals surface area contributed by atoms with E-state index >= 15 is 0 Å². The van der Waals surface area contributed by atoms with Crippen LogP contribution in [-0.2, 0) is 0 Å². The van der Waals surface area contributed by atoms with Crippen molar-refractivity contribution in [2.45, 2.75) is 33.1 Å². The SMILES string of the molecule is C=C(C)CCCC(C)=NNc1ccc(N([O-])[O-])cc1N(O)O. The summed E-state index contributed by atoms with van der Waals surface area (Å²) in [6.07, 6.45) is 2.60. The molecule has 0 fully saturated rings. The van der Waals surface area contributed by atoms with E-state index in [2.05, 4.69) is 17.1 Å². The molecule has 8 nitrogen and oxygen atoms in total. The fourth-order valence-electron chi connectivity index (χ4n) is 1.75. The number of benzene rings is 1. The molecule has 0 aliphatic heterocycles. The molecule has 22 heavy (non-hydrogen) atoms. The Morgan fingerprint density at radius 3 is 2.50 bits per heavy atom. The highest BCUT2D eigenvalue weighted by molar-refractivity contribution is 5.83. The van der Waals surface area contributed by atoms with Gasteiger partial charge in [0.25, 0.3) is 0 Å². The van der Waals surface area contributed by atoms with Gasteiger partial charge in [0.05, 0.1) is 5.69 Å². The molecule has 0 unspecified atom stereocenters. The molecule has 1 rings (SSSR count). The molecular weight excluding hydrogens is 288 g/mol. The number of rotatable bonds is 8. The third-order valence-corrected chi connectivity index (χ3v) is 2.92. The monoisotopic (exact) mass is 308 g/mol. The van der Waals surface area contributed by atoms with Crippen LogP contribution in [0, 0.1) is 10.4 Å². The lowest BCUT2D eigenvalue weighted by molar-refractivity contribution is 0.0295. The summed E-state index contributed by atoms with van der Waals surface area (Å²) in [5.74, 6) is 0. The average molecular weight is 308 g/mol. The van der Waals surface area contributed by atoms with E-state index in [1.807, 2.05) is 13.8 Å². The number of hydrogen-bond acceptors (Lipinski definition) is 8. The first-order chi connectivity index (χ1) is 10.3. The first-order valence-corrected chi connectivity index (χ1v) is 6.71. The van der Waals surface area contributed by atoms with Crippen LogP contribution in [0.1, 0.15) is 33.1 Å². The number of hydrazone groups is 1. The number of hydrogen-bond donors (Lipinski definition) is 3. The number of nitrogens with zero attached hydrogens (tertiary/aromatic N) is 3. The Kier molecular flexibility index (Phi) is 6.80. The van der Waals surface area contributed by atoms with E-state index in [1.165, 1.54) is 12.1 Å². The van der Waals surface area contributed by atoms with Crippen LogP contribution in [0.4, 0.5) is 17.1 Å². The van der Waals surface area contributed by atoms with E-state index in [4.69, 9.17) is 10.4 Å². The lowest BCUT2D eigenvalue weighted by atomic mass is 10.1. The summed E-state index contributed by atoms with van der Waals surface area (Å²) in [5, 5.41) is 43.0. The van der Waals surface area contributed by atoms with E-state index in [9.17, 15) is 10.4 Å². The maximum atomic E-state index is 10.7. The fraction of sp³-hybridized carbons (Fsp3) is 0.357. The molecule has 1 aromatic carbocycles. The van der Waals surface area contributed by atoms with Gasteiger partial charge >= 0.3 is 0 Å². The molecule has 0 amide bonds. The molecule has 0 atom stereocenters. The number of allylic oxidation sites excluding steroid dienone is 1. The van der Waals surface area contributed by atoms with E-state index < -0.39 is 5.23 Å². The van der Waals surface area contributed by atoms with Crippen LogP contribution in [0.5, 0.6) is 0 Å². The summed E-state index contributed by atoms with van der Waals surface area (Å²) < 4.78 is 0. The predicted molar refractivity (Wildman–Crippen MR) is 87.1 cm³/mol. The quantitative estimate of drug-likeness (QED) is 0.381. The third kappa shape index (κ3) is 5.70. The van der Waals surface area contributed by atoms with Crippen LogP contribution in [-0.4, -0.2) is 16.1 Å². The van der Waals surface area contributed by atoms with Crippen LogP contribution in [0.2, 0.25) is 0 Å². The van der Waals surface area contributed by atoms with Crippen molar-refractivity contribution in [3.63, 3.8) is 0 Å². The molecule has 0 bridgehead atoms. The molecule has 0 aliphatic carbocycles. The van der Waals surface area contributed by atoms with E-state index in [1.54, 1.807) is 0 Å². The van der Waals surface area contributed by atoms with Gasteiger partial charge in [-0.3, -0.25) is 15.8 Å². The van der Waals surface area contributed by atoms with Crippen molar-refractivity contribution in [3.8, 4) is 0 Å². The highest BCUT2D eigenvalue weighted by atomic mass is 16.8. The van der Waals surface area contributed by atoms with Gasteiger partial charge in [0, 0.05) is 11.4 Å². The van der Waals surface area contributed by atoms with E-state index in [0.717, 1.165) is 36.6 Å². The Morgan fingerprint density at radius 1 is 1.27 bits per heavy atom. The van der Waals surface area contributed by atoms with Crippen molar-refractivity contribution >= 4 is 22.8 Å². The zero-order chi connectivity index (χ0) is 16.7. The summed E-state index contributed by atoms with van der Waals surface area (Å²) in [6.45, 7) is 7.63. The first kappa shape index (κ1) is 17.9. The third-order valence-electron chi connectivity index (χ3n) is 2.92. The Morgan fingerprint density at radius 2 is 1.95 bits per heavy atom. The van der Waals surface area contributed by atoms with Gasteiger partial charge in [-0.2, -0.15) is 5.10 Å². The van der Waals surface area contributed by atoms with Gasteiger partial charge < -0.3 is 15.6 Å². The molecule has 0 spiro atoms. The summed E-state index contributed by atoms with van der Waals surface area (Å²) in [7, 11) is 0. The molecular formula is C14H20N4O4-2. The summed E-state index contributed by atoms with van der Waals surface area (Å²) in [6, 6.07) is 3.65. The van der Waals surface area contributed by atoms with E-state index in [0.29, 0.717) is 0 Å². The second kappa shape index (κ2) is 8.35. The molecule has 0 heterocycles. The zero-order valence-corrected chi connectivity index (χ0v) is 12.6. The van der Waals surface area contributed by atoms with Crippen LogP contribution in [0.3, 0.4) is 0 Å². The second-order valence-corrected chi connectivity index (χ2v) is 5.02. The van der Waals surface area contributed by atoms with Gasteiger partial charge in [0.15, 0.2) is 0 Å².